The first-order chi connectivity index (χ1) is 28.5. The number of nitrogens with zero attached hydrogens (tertiary/aromatic N) is 4. The molecule has 12 aromatic rings. The molecule has 0 atom stereocenters. The number of aromatic nitrogens is 2. The van der Waals surface area contributed by atoms with E-state index in [1.807, 2.05) is 91.0 Å². The van der Waals surface area contributed by atoms with Crippen molar-refractivity contribution in [2.24, 2.45) is 0 Å². The second-order valence-corrected chi connectivity index (χ2v) is 14.7. The molecule has 0 aliphatic rings. The Bertz CT molecular complexity index is 3860. The summed E-state index contributed by atoms with van der Waals surface area (Å²) in [6.07, 6.45) is 0. The van der Waals surface area contributed by atoms with Gasteiger partial charge in [-0.15, -0.1) is 0 Å². The van der Waals surface area contributed by atoms with Crippen LogP contribution in [-0.2, 0) is 0 Å². The van der Waals surface area contributed by atoms with Crippen LogP contribution in [0.25, 0.3) is 110 Å². The van der Waals surface area contributed by atoms with Gasteiger partial charge in [0.25, 0.3) is 0 Å². The molecule has 270 valence electrons. The molecule has 0 spiro atoms. The van der Waals surface area contributed by atoms with Crippen molar-refractivity contribution in [2.45, 2.75) is 0 Å². The lowest BCUT2D eigenvalue weighted by Crippen LogP contribution is -2.07. The molecule has 0 aliphatic carbocycles. The second-order valence-electron chi connectivity index (χ2n) is 14.7. The molecule has 4 N–H and O–H groups in total. The SMILES string of the molecule is N#Cc1cc(C#N)c(-n2c3ccccc3c3c4c(ccc32)oc2ccccc24)c(-c2cc(N)cc(N)c2-n2c3ccccc3c3c4c(ccc32)oc2ccccc24)c1. The van der Waals surface area contributed by atoms with E-state index >= 15 is 0 Å². The Labute approximate surface area is 329 Å². The van der Waals surface area contributed by atoms with Crippen molar-refractivity contribution in [3.63, 3.8) is 0 Å². The minimum atomic E-state index is 0.328. The molecular formula is C50H28N6O2. The lowest BCUT2D eigenvalue weighted by atomic mass is 9.94. The number of para-hydroxylation sites is 4. The molecule has 8 aromatic carbocycles. The molecule has 8 nitrogen and oxygen atoms in total. The summed E-state index contributed by atoms with van der Waals surface area (Å²) in [7, 11) is 0. The van der Waals surface area contributed by atoms with Gasteiger partial charge in [0.1, 0.15) is 28.4 Å². The number of fused-ring (bicyclic) bond motifs is 14. The maximum absolute atomic E-state index is 11.0. The van der Waals surface area contributed by atoms with Gasteiger partial charge in [-0.3, -0.25) is 0 Å². The summed E-state index contributed by atoms with van der Waals surface area (Å²) in [5, 5.41) is 29.5. The van der Waals surface area contributed by atoms with Crippen molar-refractivity contribution in [2.75, 3.05) is 11.5 Å². The van der Waals surface area contributed by atoms with Crippen molar-refractivity contribution >= 4 is 98.9 Å². The third-order valence-electron chi connectivity index (χ3n) is 11.6. The molecule has 4 heterocycles. The van der Waals surface area contributed by atoms with Gasteiger partial charge in [0.2, 0.25) is 0 Å². The van der Waals surface area contributed by atoms with Crippen LogP contribution < -0.4 is 11.5 Å². The minimum Gasteiger partial charge on any atom is -0.456 e. The molecule has 58 heavy (non-hydrogen) atoms. The topological polar surface area (TPSA) is 136 Å². The van der Waals surface area contributed by atoms with Crippen LogP contribution in [0.1, 0.15) is 11.1 Å². The van der Waals surface area contributed by atoms with Gasteiger partial charge in [0.05, 0.1) is 56.3 Å². The zero-order valence-corrected chi connectivity index (χ0v) is 30.6. The third-order valence-corrected chi connectivity index (χ3v) is 11.6. The van der Waals surface area contributed by atoms with E-state index in [1.165, 1.54) is 0 Å². The molecular weight excluding hydrogens is 717 g/mol. The van der Waals surface area contributed by atoms with E-state index in [0.29, 0.717) is 45.0 Å². The van der Waals surface area contributed by atoms with Gasteiger partial charge in [-0.05, 0) is 72.8 Å². The van der Waals surface area contributed by atoms with Gasteiger partial charge >= 0.3 is 0 Å². The third kappa shape index (κ3) is 4.15. The summed E-state index contributed by atoms with van der Waals surface area (Å²) < 4.78 is 17.0. The fourth-order valence-electron chi connectivity index (χ4n) is 9.40. The average molecular weight is 745 g/mol. The number of rotatable bonds is 3. The molecule has 0 amide bonds. The predicted octanol–water partition coefficient (Wildman–Crippen LogP) is 12.3. The fourth-order valence-corrected chi connectivity index (χ4v) is 9.40. The number of furan rings is 2. The first-order valence-electron chi connectivity index (χ1n) is 18.9. The largest absolute Gasteiger partial charge is 0.456 e. The standard InChI is InChI=1S/C50H28N6O2/c51-25-27-21-28(26-52)49(55-37-13-5-1-9-30(37)45-39(55)17-19-43-47(45)32-11-3-7-15-41(32)57-43)34(22-27)35-23-29(53)24-36(54)50(35)56-38-14-6-2-10-31(38)46-40(56)18-20-44-48(46)33-12-4-8-16-42(33)58-44/h1-24H,53-54H2. The molecule has 0 aliphatic heterocycles. The molecule has 0 saturated heterocycles. The normalized spacial score (nSPS) is 11.9. The van der Waals surface area contributed by atoms with Crippen molar-refractivity contribution in [3.05, 3.63) is 157 Å². The molecule has 0 bridgehead atoms. The van der Waals surface area contributed by atoms with Crippen molar-refractivity contribution in [1.29, 1.82) is 10.5 Å². The highest BCUT2D eigenvalue weighted by Crippen LogP contribution is 2.48. The molecule has 0 unspecified atom stereocenters. The highest BCUT2D eigenvalue weighted by molar-refractivity contribution is 6.29. The van der Waals surface area contributed by atoms with Crippen LogP contribution in [0.15, 0.2) is 154 Å². The average Bonchev–Trinajstić information content (AvgIpc) is 4.00. The van der Waals surface area contributed by atoms with E-state index in [-0.39, 0.29) is 0 Å². The molecule has 8 heteroatoms. The second kappa shape index (κ2) is 11.5. The Kier molecular flexibility index (Phi) is 6.33. The lowest BCUT2D eigenvalue weighted by Gasteiger charge is -2.21. The van der Waals surface area contributed by atoms with Crippen molar-refractivity contribution in [3.8, 4) is 34.6 Å². The maximum Gasteiger partial charge on any atom is 0.136 e. The molecule has 0 radical (unpaired) electrons. The van der Waals surface area contributed by atoms with E-state index in [2.05, 4.69) is 63.7 Å². The van der Waals surface area contributed by atoms with Crippen molar-refractivity contribution < 1.29 is 8.83 Å². The molecule has 4 aromatic heterocycles. The molecule has 0 saturated carbocycles. The van der Waals surface area contributed by atoms with E-state index < -0.39 is 0 Å². The van der Waals surface area contributed by atoms with Gasteiger partial charge in [0, 0.05) is 59.9 Å². The van der Waals surface area contributed by atoms with Crippen LogP contribution in [0.3, 0.4) is 0 Å². The van der Waals surface area contributed by atoms with Gasteiger partial charge in [-0.1, -0.05) is 72.8 Å². The Balaban J connectivity index is 1.25. The number of benzene rings is 8. The van der Waals surface area contributed by atoms with E-state index in [1.54, 1.807) is 12.1 Å². The highest BCUT2D eigenvalue weighted by atomic mass is 16.3. The predicted molar refractivity (Wildman–Crippen MR) is 233 cm³/mol. The van der Waals surface area contributed by atoms with Crippen LogP contribution in [0.4, 0.5) is 11.4 Å². The summed E-state index contributed by atoms with van der Waals surface area (Å²) >= 11 is 0. The van der Waals surface area contributed by atoms with E-state index in [0.717, 1.165) is 87.5 Å². The van der Waals surface area contributed by atoms with E-state index in [4.69, 9.17) is 20.3 Å². The van der Waals surface area contributed by atoms with Crippen molar-refractivity contribution in [1.82, 2.24) is 9.13 Å². The Morgan fingerprint density at radius 3 is 1.48 bits per heavy atom. The zero-order chi connectivity index (χ0) is 38.8. The van der Waals surface area contributed by atoms with E-state index in [9.17, 15) is 10.5 Å². The number of nitrogens with two attached hydrogens (primary N) is 2. The first-order valence-corrected chi connectivity index (χ1v) is 18.9. The summed E-state index contributed by atoms with van der Waals surface area (Å²) in [4.78, 5) is 0. The molecule has 0 fully saturated rings. The maximum atomic E-state index is 11.0. The summed E-state index contributed by atoms with van der Waals surface area (Å²) in [5.41, 5.74) is 24.8. The van der Waals surface area contributed by atoms with Gasteiger partial charge in [0.15, 0.2) is 0 Å². The lowest BCUT2D eigenvalue weighted by molar-refractivity contribution is 0.669. The zero-order valence-electron chi connectivity index (χ0n) is 30.6. The highest BCUT2D eigenvalue weighted by Gasteiger charge is 2.27. The Hall–Kier alpha value is -8.46. The monoisotopic (exact) mass is 744 g/mol. The first kappa shape index (κ1) is 31.8. The number of nitrogen functional groups attached to an aromatic ring is 2. The van der Waals surface area contributed by atoms with Crippen LogP contribution in [0, 0.1) is 22.7 Å². The fraction of sp³-hybridized carbons (Fsp3) is 0. The van der Waals surface area contributed by atoms with Crippen LogP contribution in [0.2, 0.25) is 0 Å². The molecule has 12 rings (SSSR count). The number of anilines is 2. The summed E-state index contributed by atoms with van der Waals surface area (Å²) in [6, 6.07) is 52.7. The quantitative estimate of drug-likeness (QED) is 0.173. The summed E-state index contributed by atoms with van der Waals surface area (Å²) in [5.74, 6) is 0. The van der Waals surface area contributed by atoms with Crippen LogP contribution >= 0.6 is 0 Å². The number of nitriles is 2. The Morgan fingerprint density at radius 2 is 0.931 bits per heavy atom. The van der Waals surface area contributed by atoms with Gasteiger partial charge < -0.3 is 29.4 Å². The van der Waals surface area contributed by atoms with Gasteiger partial charge in [-0.25, -0.2) is 0 Å². The smallest absolute Gasteiger partial charge is 0.136 e. The van der Waals surface area contributed by atoms with Gasteiger partial charge in [-0.2, -0.15) is 10.5 Å². The van der Waals surface area contributed by atoms with Crippen LogP contribution in [-0.4, -0.2) is 9.13 Å². The summed E-state index contributed by atoms with van der Waals surface area (Å²) in [6.45, 7) is 0. The number of hydrogen-bond donors (Lipinski definition) is 2. The number of hydrogen-bond acceptors (Lipinski definition) is 6. The minimum absolute atomic E-state index is 0.328. The van der Waals surface area contributed by atoms with Crippen LogP contribution in [0.5, 0.6) is 0 Å². The Morgan fingerprint density at radius 1 is 0.431 bits per heavy atom.